The topological polar surface area (TPSA) is 44.8 Å². The Hall–Kier alpha value is -1.50. The molecule has 1 aromatic carbocycles. The predicted octanol–water partition coefficient (Wildman–Crippen LogP) is 5.14. The summed E-state index contributed by atoms with van der Waals surface area (Å²) in [6.45, 7) is 9.89. The Morgan fingerprint density at radius 3 is 2.56 bits per heavy atom. The fourth-order valence-corrected chi connectivity index (χ4v) is 3.78. The Morgan fingerprint density at radius 2 is 1.96 bits per heavy atom. The van der Waals surface area contributed by atoms with Crippen molar-refractivity contribution in [1.82, 2.24) is 0 Å². The molecule has 0 aromatic heterocycles. The Kier molecular flexibility index (Phi) is 7.35. The van der Waals surface area contributed by atoms with E-state index in [2.05, 4.69) is 35.7 Å². The zero-order valence-electron chi connectivity index (χ0n) is 14.7. The lowest BCUT2D eigenvalue weighted by Gasteiger charge is -2.33. The molecule has 0 N–H and O–H groups in total. The molecule has 1 aromatic rings. The molecule has 0 aliphatic heterocycles. The minimum absolute atomic E-state index is 0.154. The Bertz CT molecular complexity index is 633. The molecule has 0 bridgehead atoms. The molecule has 0 unspecified atom stereocenters. The molecule has 0 saturated heterocycles. The number of carbonyl (C=O) groups is 1. The van der Waals surface area contributed by atoms with Crippen molar-refractivity contribution in [2.24, 2.45) is 0 Å². The minimum Gasteiger partial charge on any atom is -0.490 e. The summed E-state index contributed by atoms with van der Waals surface area (Å²) >= 11 is 2.17. The Balaban J connectivity index is 2.05. The number of benzene rings is 1. The number of rotatable bonds is 8. The van der Waals surface area contributed by atoms with Gasteiger partial charge in [0, 0.05) is 0 Å². The van der Waals surface area contributed by atoms with E-state index in [4.69, 9.17) is 14.2 Å². The maximum atomic E-state index is 12.3. The van der Waals surface area contributed by atoms with Gasteiger partial charge >= 0.3 is 5.97 Å². The lowest BCUT2D eigenvalue weighted by atomic mass is 9.85. The van der Waals surface area contributed by atoms with E-state index < -0.39 is 5.60 Å². The van der Waals surface area contributed by atoms with Crippen LogP contribution in [-0.2, 0) is 9.53 Å². The number of hydrogen-bond donors (Lipinski definition) is 0. The van der Waals surface area contributed by atoms with Crippen LogP contribution in [0, 0.1) is 3.57 Å². The molecule has 25 heavy (non-hydrogen) atoms. The average Bonchev–Trinajstić information content (AvgIpc) is 2.61. The summed E-state index contributed by atoms with van der Waals surface area (Å²) in [5.41, 5.74) is 0.400. The largest absolute Gasteiger partial charge is 0.490 e. The normalized spacial score (nSPS) is 15.9. The van der Waals surface area contributed by atoms with Crippen molar-refractivity contribution in [1.29, 1.82) is 0 Å². The van der Waals surface area contributed by atoms with Gasteiger partial charge in [0.25, 0.3) is 0 Å². The molecule has 0 heterocycles. The van der Waals surface area contributed by atoms with Gasteiger partial charge < -0.3 is 14.2 Å². The van der Waals surface area contributed by atoms with Gasteiger partial charge in [0.1, 0.15) is 5.60 Å². The molecule has 1 aliphatic rings. The number of carbonyl (C=O) groups excluding carboxylic acids is 1. The van der Waals surface area contributed by atoms with Crippen LogP contribution in [0.2, 0.25) is 0 Å². The van der Waals surface area contributed by atoms with Gasteiger partial charge in [0.15, 0.2) is 18.1 Å². The van der Waals surface area contributed by atoms with E-state index in [1.54, 1.807) is 12.2 Å². The summed E-state index contributed by atoms with van der Waals surface area (Å²) < 4.78 is 17.9. The lowest BCUT2D eigenvalue weighted by Crippen LogP contribution is -2.36. The van der Waals surface area contributed by atoms with Gasteiger partial charge in [-0.1, -0.05) is 25.7 Å². The lowest BCUT2D eigenvalue weighted by molar-refractivity contribution is -0.160. The molecular formula is C20H25IO4. The highest BCUT2D eigenvalue weighted by molar-refractivity contribution is 14.1. The van der Waals surface area contributed by atoms with Gasteiger partial charge in [-0.05, 0) is 79.0 Å². The van der Waals surface area contributed by atoms with Crippen molar-refractivity contribution in [2.45, 2.75) is 44.6 Å². The van der Waals surface area contributed by atoms with Crippen molar-refractivity contribution in [2.75, 3.05) is 13.2 Å². The number of halogens is 1. The minimum atomic E-state index is -0.540. The molecular weight excluding hydrogens is 431 g/mol. The third-order valence-corrected chi connectivity index (χ3v) is 5.09. The Morgan fingerprint density at radius 1 is 1.24 bits per heavy atom. The smallest absolute Gasteiger partial charge is 0.345 e. The van der Waals surface area contributed by atoms with Crippen molar-refractivity contribution >= 4 is 34.6 Å². The van der Waals surface area contributed by atoms with E-state index in [-0.39, 0.29) is 12.6 Å². The van der Waals surface area contributed by atoms with Crippen molar-refractivity contribution < 1.29 is 19.0 Å². The molecule has 2 rings (SSSR count). The van der Waals surface area contributed by atoms with Crippen LogP contribution in [0.5, 0.6) is 11.5 Å². The SMILES string of the molecule is C=Cc1cc(I)c(OCC(=O)OC2(C=C)CCCCC2)c(OCC)c1. The van der Waals surface area contributed by atoms with Crippen molar-refractivity contribution in [3.05, 3.63) is 40.5 Å². The van der Waals surface area contributed by atoms with Gasteiger partial charge in [-0.25, -0.2) is 4.79 Å². The first-order valence-corrected chi connectivity index (χ1v) is 9.68. The molecule has 5 heteroatoms. The summed E-state index contributed by atoms with van der Waals surface area (Å²) in [7, 11) is 0. The highest BCUT2D eigenvalue weighted by Crippen LogP contribution is 2.35. The van der Waals surface area contributed by atoms with Crippen molar-refractivity contribution in [3.8, 4) is 11.5 Å². The zero-order chi connectivity index (χ0) is 18.3. The Labute approximate surface area is 163 Å². The molecule has 0 radical (unpaired) electrons. The molecule has 1 fully saturated rings. The second-order valence-corrected chi connectivity index (χ2v) is 7.22. The summed E-state index contributed by atoms with van der Waals surface area (Å²) in [5, 5.41) is 0. The second-order valence-electron chi connectivity index (χ2n) is 6.06. The number of esters is 1. The van der Waals surface area contributed by atoms with E-state index >= 15 is 0 Å². The van der Waals surface area contributed by atoms with Crippen LogP contribution in [0.4, 0.5) is 0 Å². The van der Waals surface area contributed by atoms with Crippen LogP contribution in [0.1, 0.15) is 44.6 Å². The van der Waals surface area contributed by atoms with Crippen molar-refractivity contribution in [3.63, 3.8) is 0 Å². The van der Waals surface area contributed by atoms with Gasteiger partial charge in [-0.3, -0.25) is 0 Å². The predicted molar refractivity (Wildman–Crippen MR) is 108 cm³/mol. The summed E-state index contributed by atoms with van der Waals surface area (Å²) in [5.74, 6) is 0.780. The van der Waals surface area contributed by atoms with Gasteiger partial charge in [-0.2, -0.15) is 0 Å². The first kappa shape index (κ1) is 19.8. The number of hydrogen-bond acceptors (Lipinski definition) is 4. The van der Waals surface area contributed by atoms with Crippen LogP contribution in [0.3, 0.4) is 0 Å². The van der Waals surface area contributed by atoms with Crippen LogP contribution < -0.4 is 9.47 Å². The van der Waals surface area contributed by atoms with Crippen LogP contribution in [0.25, 0.3) is 6.08 Å². The third-order valence-electron chi connectivity index (χ3n) is 4.29. The molecule has 4 nitrogen and oxygen atoms in total. The quantitative estimate of drug-likeness (QED) is 0.309. The summed E-state index contributed by atoms with van der Waals surface area (Å²) in [6.07, 6.45) is 8.45. The van der Waals surface area contributed by atoms with E-state index in [0.717, 1.165) is 34.8 Å². The highest BCUT2D eigenvalue weighted by atomic mass is 127. The van der Waals surface area contributed by atoms with Gasteiger partial charge in [-0.15, -0.1) is 0 Å². The summed E-state index contributed by atoms with van der Waals surface area (Å²) in [4.78, 5) is 12.3. The van der Waals surface area contributed by atoms with Gasteiger partial charge in [0.05, 0.1) is 10.2 Å². The van der Waals surface area contributed by atoms with Gasteiger partial charge in [0.2, 0.25) is 0 Å². The van der Waals surface area contributed by atoms with Crippen LogP contribution in [-0.4, -0.2) is 24.8 Å². The summed E-state index contributed by atoms with van der Waals surface area (Å²) in [6, 6.07) is 3.79. The average molecular weight is 456 g/mol. The first-order valence-electron chi connectivity index (χ1n) is 8.60. The highest BCUT2D eigenvalue weighted by Gasteiger charge is 2.33. The fourth-order valence-electron chi connectivity index (χ4n) is 2.99. The monoisotopic (exact) mass is 456 g/mol. The van der Waals surface area contributed by atoms with E-state index in [9.17, 15) is 4.79 Å². The standard InChI is InChI=1S/C20H25IO4/c1-4-15-12-16(21)19(17(13-15)23-6-3)24-14-18(22)25-20(5-2)10-8-7-9-11-20/h4-5,12-13H,1-2,6-11,14H2,3H3. The van der Waals surface area contributed by atoms with E-state index in [1.165, 1.54) is 6.42 Å². The maximum absolute atomic E-state index is 12.3. The van der Waals surface area contributed by atoms with E-state index in [1.807, 2.05) is 19.1 Å². The molecule has 1 aliphatic carbocycles. The molecule has 136 valence electrons. The second kappa shape index (κ2) is 9.27. The molecule has 0 amide bonds. The van der Waals surface area contributed by atoms with Crippen LogP contribution in [0.15, 0.2) is 31.4 Å². The van der Waals surface area contributed by atoms with Crippen LogP contribution >= 0.6 is 22.6 Å². The first-order chi connectivity index (χ1) is 12.0. The molecule has 0 atom stereocenters. The molecule has 0 spiro atoms. The fraction of sp³-hybridized carbons (Fsp3) is 0.450. The number of ether oxygens (including phenoxy) is 3. The van der Waals surface area contributed by atoms with E-state index in [0.29, 0.717) is 18.1 Å². The third kappa shape index (κ3) is 5.23. The molecule has 1 saturated carbocycles. The zero-order valence-corrected chi connectivity index (χ0v) is 16.8. The maximum Gasteiger partial charge on any atom is 0.345 e.